The van der Waals surface area contributed by atoms with E-state index in [0.717, 1.165) is 0 Å². The van der Waals surface area contributed by atoms with Gasteiger partial charge in [-0.1, -0.05) is 6.07 Å². The molecule has 0 amide bonds. The van der Waals surface area contributed by atoms with Crippen molar-refractivity contribution in [3.63, 3.8) is 0 Å². The number of benzene rings is 1. The number of ether oxygens (including phenoxy) is 1. The molecule has 0 saturated carbocycles. The van der Waals surface area contributed by atoms with Crippen LogP contribution in [0.2, 0.25) is 0 Å². The van der Waals surface area contributed by atoms with E-state index >= 15 is 0 Å². The van der Waals surface area contributed by atoms with E-state index in [2.05, 4.69) is 4.98 Å². The third-order valence-electron chi connectivity index (χ3n) is 1.79. The lowest BCUT2D eigenvalue weighted by Crippen LogP contribution is -1.89. The molecule has 2 aromatic rings. The summed E-state index contributed by atoms with van der Waals surface area (Å²) in [5.74, 6) is 0.433. The van der Waals surface area contributed by atoms with E-state index in [9.17, 15) is 8.42 Å². The maximum Gasteiger partial charge on any atom is 0.332 e. The maximum atomic E-state index is 11.0. The molecule has 0 aliphatic rings. The van der Waals surface area contributed by atoms with Crippen molar-refractivity contribution < 1.29 is 17.6 Å². The molecular formula is C8H6ClNO4S. The molecule has 0 fully saturated rings. The summed E-state index contributed by atoms with van der Waals surface area (Å²) in [5, 5.41) is -0.524. The van der Waals surface area contributed by atoms with Gasteiger partial charge in [-0.2, -0.15) is 4.98 Å². The fraction of sp³-hybridized carbons (Fsp3) is 0.125. The van der Waals surface area contributed by atoms with Crippen LogP contribution in [0.5, 0.6) is 5.75 Å². The molecular weight excluding hydrogens is 242 g/mol. The Bertz CT molecular complexity index is 604. The smallest absolute Gasteiger partial charge is 0.332 e. The second-order valence-electron chi connectivity index (χ2n) is 2.72. The molecule has 1 heterocycles. The third-order valence-corrected chi connectivity index (χ3v) is 2.78. The predicted molar refractivity (Wildman–Crippen MR) is 53.6 cm³/mol. The van der Waals surface area contributed by atoms with Gasteiger partial charge in [0.1, 0.15) is 5.75 Å². The first kappa shape index (κ1) is 10.3. The Labute approximate surface area is 90.0 Å². The van der Waals surface area contributed by atoms with Gasteiger partial charge in [0.05, 0.1) is 7.11 Å². The van der Waals surface area contributed by atoms with E-state index in [1.54, 1.807) is 18.2 Å². The minimum Gasteiger partial charge on any atom is -0.494 e. The van der Waals surface area contributed by atoms with Gasteiger partial charge in [0.15, 0.2) is 11.1 Å². The number of para-hydroxylation sites is 1. The average Bonchev–Trinajstić information content (AvgIpc) is 2.59. The molecule has 0 atom stereocenters. The van der Waals surface area contributed by atoms with Crippen molar-refractivity contribution in [2.24, 2.45) is 0 Å². The van der Waals surface area contributed by atoms with Crippen molar-refractivity contribution in [2.45, 2.75) is 5.22 Å². The Hall–Kier alpha value is -1.27. The van der Waals surface area contributed by atoms with Crippen LogP contribution in [0.15, 0.2) is 27.8 Å². The Balaban J connectivity index is 2.76. The Morgan fingerprint density at radius 1 is 1.47 bits per heavy atom. The van der Waals surface area contributed by atoms with Crippen molar-refractivity contribution in [3.8, 4) is 5.75 Å². The van der Waals surface area contributed by atoms with Gasteiger partial charge >= 0.3 is 14.3 Å². The maximum absolute atomic E-state index is 11.0. The van der Waals surface area contributed by atoms with Crippen LogP contribution in [0, 0.1) is 0 Å². The van der Waals surface area contributed by atoms with Gasteiger partial charge in [0.25, 0.3) is 0 Å². The van der Waals surface area contributed by atoms with Gasteiger partial charge in [-0.15, -0.1) is 0 Å². The number of rotatable bonds is 2. The minimum absolute atomic E-state index is 0.313. The van der Waals surface area contributed by atoms with Crippen LogP contribution in [-0.4, -0.2) is 20.5 Å². The highest BCUT2D eigenvalue weighted by molar-refractivity contribution is 8.13. The van der Waals surface area contributed by atoms with Crippen LogP contribution in [0.25, 0.3) is 11.1 Å². The van der Waals surface area contributed by atoms with Crippen molar-refractivity contribution in [1.82, 2.24) is 4.98 Å². The summed E-state index contributed by atoms with van der Waals surface area (Å²) in [7, 11) is 2.61. The Morgan fingerprint density at radius 2 is 2.20 bits per heavy atom. The average molecular weight is 248 g/mol. The minimum atomic E-state index is -3.95. The van der Waals surface area contributed by atoms with Crippen LogP contribution in [0.3, 0.4) is 0 Å². The van der Waals surface area contributed by atoms with Crippen LogP contribution in [0.1, 0.15) is 0 Å². The summed E-state index contributed by atoms with van der Waals surface area (Å²) in [6, 6.07) is 4.89. The van der Waals surface area contributed by atoms with E-state index in [4.69, 9.17) is 19.8 Å². The fourth-order valence-corrected chi connectivity index (χ4v) is 1.76. The molecule has 5 nitrogen and oxygen atoms in total. The number of aromatic nitrogens is 1. The van der Waals surface area contributed by atoms with E-state index in [0.29, 0.717) is 16.8 Å². The van der Waals surface area contributed by atoms with Crippen LogP contribution in [-0.2, 0) is 9.05 Å². The SMILES string of the molecule is COc1cccc2oc(S(=O)(=O)Cl)nc12. The van der Waals surface area contributed by atoms with E-state index in [1.165, 1.54) is 7.11 Å². The van der Waals surface area contributed by atoms with Gasteiger partial charge in [-0.3, -0.25) is 0 Å². The van der Waals surface area contributed by atoms with Gasteiger partial charge in [-0.25, -0.2) is 8.42 Å². The van der Waals surface area contributed by atoms with E-state index in [1.807, 2.05) is 0 Å². The Kier molecular flexibility index (Phi) is 2.32. The molecule has 0 saturated heterocycles. The van der Waals surface area contributed by atoms with Gasteiger partial charge in [0, 0.05) is 10.7 Å². The summed E-state index contributed by atoms with van der Waals surface area (Å²) in [4.78, 5) is 3.74. The molecule has 1 aromatic carbocycles. The lowest BCUT2D eigenvalue weighted by Gasteiger charge is -1.96. The summed E-state index contributed by atoms with van der Waals surface area (Å²) in [6.45, 7) is 0. The highest BCUT2D eigenvalue weighted by Crippen LogP contribution is 2.27. The first-order chi connectivity index (χ1) is 7.02. The summed E-state index contributed by atoms with van der Waals surface area (Å²) in [5.41, 5.74) is 0.646. The van der Waals surface area contributed by atoms with Gasteiger partial charge in [0.2, 0.25) is 0 Å². The highest BCUT2D eigenvalue weighted by atomic mass is 35.7. The van der Waals surface area contributed by atoms with Crippen LogP contribution >= 0.6 is 10.7 Å². The number of oxazole rings is 1. The second-order valence-corrected chi connectivity index (χ2v) is 5.17. The molecule has 7 heteroatoms. The zero-order chi connectivity index (χ0) is 11.1. The molecule has 1 aromatic heterocycles. The second kappa shape index (κ2) is 3.39. The standard InChI is InChI=1S/C8H6ClNO4S/c1-13-5-3-2-4-6-7(5)10-8(14-6)15(9,11)12/h2-4H,1H3. The van der Waals surface area contributed by atoms with E-state index < -0.39 is 14.3 Å². The van der Waals surface area contributed by atoms with Crippen molar-refractivity contribution in [1.29, 1.82) is 0 Å². The van der Waals surface area contributed by atoms with Crippen molar-refractivity contribution in [3.05, 3.63) is 18.2 Å². The zero-order valence-electron chi connectivity index (χ0n) is 7.60. The first-order valence-corrected chi connectivity index (χ1v) is 6.21. The molecule has 2 rings (SSSR count). The highest BCUT2D eigenvalue weighted by Gasteiger charge is 2.20. The van der Waals surface area contributed by atoms with E-state index in [-0.39, 0.29) is 0 Å². The quantitative estimate of drug-likeness (QED) is 0.757. The fourth-order valence-electron chi connectivity index (χ4n) is 1.17. The lowest BCUT2D eigenvalue weighted by molar-refractivity contribution is 0.419. The normalized spacial score (nSPS) is 11.9. The largest absolute Gasteiger partial charge is 0.494 e. The Morgan fingerprint density at radius 3 is 2.80 bits per heavy atom. The van der Waals surface area contributed by atoms with Gasteiger partial charge in [-0.05, 0) is 12.1 Å². The summed E-state index contributed by atoms with van der Waals surface area (Å²) >= 11 is 0. The first-order valence-electron chi connectivity index (χ1n) is 3.90. The number of hydrogen-bond acceptors (Lipinski definition) is 5. The summed E-state index contributed by atoms with van der Waals surface area (Å²) < 4.78 is 31.9. The number of fused-ring (bicyclic) bond motifs is 1. The monoisotopic (exact) mass is 247 g/mol. The molecule has 0 radical (unpaired) electrons. The third kappa shape index (κ3) is 1.78. The van der Waals surface area contributed by atoms with Crippen molar-refractivity contribution in [2.75, 3.05) is 7.11 Å². The number of hydrogen-bond donors (Lipinski definition) is 0. The van der Waals surface area contributed by atoms with Crippen LogP contribution < -0.4 is 4.74 Å². The number of methoxy groups -OCH3 is 1. The topological polar surface area (TPSA) is 69.4 Å². The number of halogens is 1. The van der Waals surface area contributed by atoms with Gasteiger partial charge < -0.3 is 9.15 Å². The zero-order valence-corrected chi connectivity index (χ0v) is 9.17. The van der Waals surface area contributed by atoms with Crippen molar-refractivity contribution >= 4 is 30.8 Å². The molecule has 15 heavy (non-hydrogen) atoms. The molecule has 0 aliphatic heterocycles. The number of nitrogens with zero attached hydrogens (tertiary/aromatic N) is 1. The van der Waals surface area contributed by atoms with Crippen LogP contribution in [0.4, 0.5) is 0 Å². The predicted octanol–water partition coefficient (Wildman–Crippen LogP) is 1.76. The molecule has 0 spiro atoms. The molecule has 0 unspecified atom stereocenters. The molecule has 0 bridgehead atoms. The molecule has 0 N–H and O–H groups in total. The lowest BCUT2D eigenvalue weighted by atomic mass is 10.3. The molecule has 0 aliphatic carbocycles. The summed E-state index contributed by atoms with van der Waals surface area (Å²) in [6.07, 6.45) is 0. The molecule has 80 valence electrons.